The van der Waals surface area contributed by atoms with E-state index in [2.05, 4.69) is 122 Å². The normalized spacial score (nSPS) is 11.4. The molecule has 0 aliphatic carbocycles. The van der Waals surface area contributed by atoms with Crippen LogP contribution in [0.15, 0.2) is 179 Å². The number of nitrogens with zero attached hydrogens (tertiary/aromatic N) is 4. The summed E-state index contributed by atoms with van der Waals surface area (Å²) in [4.78, 5) is 14.3. The summed E-state index contributed by atoms with van der Waals surface area (Å²) < 4.78 is 15.5. The summed E-state index contributed by atoms with van der Waals surface area (Å²) in [7, 11) is 0. The van der Waals surface area contributed by atoms with Crippen LogP contribution in [0.3, 0.4) is 0 Å². The number of para-hydroxylation sites is 2. The van der Waals surface area contributed by atoms with Gasteiger partial charge in [-0.2, -0.15) is 0 Å². The standard InChI is InChI=1S/C44H34N3O2.C11H8N.Ir/c1-26(2)34-24-30(28-14-7-5-8-15-28)25-35(27(3)4)39(34)47-38-21-12-11-20-36(38)45-43(47)33-19-13-18-31-32-22-23-37-42(41(32)48-40(31)33)49-44(46-37)29-16-9-6-10-17-29;1-2-6-10(7-3-1)11-8-4-5-9-12-11;/h5-18,20-27H,1-4H3;1-6,8-9H;/q2*-1;. The number of aromatic nitrogens is 4. The Labute approximate surface area is 374 Å². The van der Waals surface area contributed by atoms with Crippen molar-refractivity contribution in [3.05, 3.63) is 193 Å². The first-order chi connectivity index (χ1) is 29.9. The average Bonchev–Trinajstić information content (AvgIpc) is 4.04. The Morgan fingerprint density at radius 3 is 1.90 bits per heavy atom. The van der Waals surface area contributed by atoms with Crippen LogP contribution in [0.25, 0.3) is 95.0 Å². The largest absolute Gasteiger partial charge is 0.497 e. The van der Waals surface area contributed by atoms with Crippen LogP contribution < -0.4 is 0 Å². The van der Waals surface area contributed by atoms with E-state index in [1.54, 1.807) is 6.20 Å². The minimum Gasteiger partial charge on any atom is -0.497 e. The molecule has 4 aromatic heterocycles. The van der Waals surface area contributed by atoms with Crippen molar-refractivity contribution in [1.82, 2.24) is 19.5 Å². The number of benzene rings is 7. The molecule has 305 valence electrons. The summed E-state index contributed by atoms with van der Waals surface area (Å²) in [5.74, 6) is 1.88. The van der Waals surface area contributed by atoms with Crippen LogP contribution in [0.5, 0.6) is 0 Å². The zero-order valence-electron chi connectivity index (χ0n) is 34.8. The van der Waals surface area contributed by atoms with E-state index in [9.17, 15) is 0 Å². The zero-order chi connectivity index (χ0) is 41.5. The number of furan rings is 1. The maximum absolute atomic E-state index is 6.80. The van der Waals surface area contributed by atoms with Crippen LogP contribution in [-0.4, -0.2) is 19.5 Å². The first-order valence-corrected chi connectivity index (χ1v) is 20.7. The van der Waals surface area contributed by atoms with Gasteiger partial charge in [-0.05, 0) is 94.4 Å². The van der Waals surface area contributed by atoms with E-state index in [0.29, 0.717) is 17.1 Å². The molecule has 7 heteroatoms. The van der Waals surface area contributed by atoms with Gasteiger partial charge in [0.2, 0.25) is 5.89 Å². The third kappa shape index (κ3) is 7.44. The first-order valence-electron chi connectivity index (χ1n) is 20.7. The van der Waals surface area contributed by atoms with Crippen molar-refractivity contribution in [2.75, 3.05) is 0 Å². The summed E-state index contributed by atoms with van der Waals surface area (Å²) >= 11 is 0. The molecular formula is C55H42IrN4O2-2. The van der Waals surface area contributed by atoms with Gasteiger partial charge in [-0.15, -0.1) is 54.1 Å². The molecule has 0 unspecified atom stereocenters. The minimum atomic E-state index is 0. The molecule has 11 aromatic rings. The van der Waals surface area contributed by atoms with E-state index >= 15 is 0 Å². The second kappa shape index (κ2) is 17.2. The summed E-state index contributed by atoms with van der Waals surface area (Å²) in [6.07, 6.45) is 1.79. The van der Waals surface area contributed by atoms with E-state index in [4.69, 9.17) is 18.8 Å². The van der Waals surface area contributed by atoms with Gasteiger partial charge in [-0.1, -0.05) is 111 Å². The van der Waals surface area contributed by atoms with Crippen molar-refractivity contribution in [3.63, 3.8) is 0 Å². The van der Waals surface area contributed by atoms with Gasteiger partial charge in [0.05, 0.1) is 22.4 Å². The molecule has 0 aliphatic heterocycles. The Hall–Kier alpha value is -6.92. The zero-order valence-corrected chi connectivity index (χ0v) is 37.2. The number of hydrogen-bond donors (Lipinski definition) is 0. The maximum atomic E-state index is 6.80. The number of fused-ring (bicyclic) bond motifs is 6. The first kappa shape index (κ1) is 40.5. The predicted molar refractivity (Wildman–Crippen MR) is 248 cm³/mol. The fourth-order valence-corrected chi connectivity index (χ4v) is 8.17. The fraction of sp³-hybridized carbons (Fsp3) is 0.109. The molecule has 0 saturated heterocycles. The molecule has 0 N–H and O–H groups in total. The topological polar surface area (TPSA) is 69.9 Å². The Kier molecular flexibility index (Phi) is 11.2. The Bertz CT molecular complexity index is 3230. The summed E-state index contributed by atoms with van der Waals surface area (Å²) in [5.41, 5.74) is 14.6. The van der Waals surface area contributed by atoms with E-state index in [1.165, 1.54) is 27.9 Å². The molecular weight excluding hydrogens is 941 g/mol. The SMILES string of the molecule is CC(C)c1cc(-c2ccccc2)cc(C(C)C)c1-n1c(-c2[c-]ccc3c2oc2c3ccc3nc(-c4ccccc4)oc32)nc2ccccc21.[Ir].[c-]1ccccc1-c1ccccn1. The minimum absolute atomic E-state index is 0. The van der Waals surface area contributed by atoms with Crippen molar-refractivity contribution >= 4 is 44.1 Å². The number of imidazole rings is 1. The van der Waals surface area contributed by atoms with E-state index in [1.807, 2.05) is 91.0 Å². The van der Waals surface area contributed by atoms with E-state index in [0.717, 1.165) is 61.1 Å². The number of rotatable bonds is 7. The molecule has 0 saturated carbocycles. The quantitative estimate of drug-likeness (QED) is 0.149. The molecule has 0 bridgehead atoms. The molecule has 62 heavy (non-hydrogen) atoms. The fourth-order valence-electron chi connectivity index (χ4n) is 8.17. The van der Waals surface area contributed by atoms with E-state index in [-0.39, 0.29) is 31.9 Å². The van der Waals surface area contributed by atoms with Crippen molar-refractivity contribution in [2.45, 2.75) is 39.5 Å². The molecule has 0 amide bonds. The van der Waals surface area contributed by atoms with Crippen LogP contribution in [0.2, 0.25) is 0 Å². The molecule has 0 aliphatic rings. The number of hydrogen-bond acceptors (Lipinski definition) is 5. The van der Waals surface area contributed by atoms with Gasteiger partial charge >= 0.3 is 0 Å². The molecule has 1 radical (unpaired) electrons. The van der Waals surface area contributed by atoms with Crippen molar-refractivity contribution in [2.24, 2.45) is 0 Å². The van der Waals surface area contributed by atoms with Crippen molar-refractivity contribution in [3.8, 4) is 50.9 Å². The van der Waals surface area contributed by atoms with Crippen LogP contribution in [0, 0.1) is 12.1 Å². The Morgan fingerprint density at radius 1 is 0.532 bits per heavy atom. The molecule has 6 nitrogen and oxygen atoms in total. The molecule has 11 rings (SSSR count). The molecule has 7 aromatic carbocycles. The van der Waals surface area contributed by atoms with Gasteiger partial charge in [0.25, 0.3) is 0 Å². The van der Waals surface area contributed by atoms with Crippen LogP contribution >= 0.6 is 0 Å². The Balaban J connectivity index is 0.000000325. The Morgan fingerprint density at radius 2 is 1.21 bits per heavy atom. The smallest absolute Gasteiger partial charge is 0.227 e. The van der Waals surface area contributed by atoms with Gasteiger partial charge in [-0.3, -0.25) is 4.98 Å². The van der Waals surface area contributed by atoms with Gasteiger partial charge in [0, 0.05) is 42.9 Å². The van der Waals surface area contributed by atoms with Crippen molar-refractivity contribution in [1.29, 1.82) is 0 Å². The van der Waals surface area contributed by atoms with Gasteiger partial charge in [-0.25, -0.2) is 4.98 Å². The molecule has 4 heterocycles. The second-order valence-electron chi connectivity index (χ2n) is 15.8. The number of oxazole rings is 1. The average molecular weight is 983 g/mol. The molecule has 0 fully saturated rings. The maximum Gasteiger partial charge on any atom is 0.227 e. The molecule has 0 spiro atoms. The second-order valence-corrected chi connectivity index (χ2v) is 15.8. The van der Waals surface area contributed by atoms with Gasteiger partial charge in [0.1, 0.15) is 5.52 Å². The van der Waals surface area contributed by atoms with Crippen molar-refractivity contribution < 1.29 is 28.9 Å². The summed E-state index contributed by atoms with van der Waals surface area (Å²) in [6, 6.07) is 62.2. The summed E-state index contributed by atoms with van der Waals surface area (Å²) in [6.45, 7) is 9.09. The third-order valence-corrected chi connectivity index (χ3v) is 11.2. The van der Waals surface area contributed by atoms with Gasteiger partial charge in [0.15, 0.2) is 11.2 Å². The molecule has 0 atom stereocenters. The van der Waals surface area contributed by atoms with Gasteiger partial charge < -0.3 is 18.4 Å². The summed E-state index contributed by atoms with van der Waals surface area (Å²) in [5, 5.41) is 1.95. The monoisotopic (exact) mass is 983 g/mol. The van der Waals surface area contributed by atoms with Crippen LogP contribution in [-0.2, 0) is 20.1 Å². The van der Waals surface area contributed by atoms with Crippen LogP contribution in [0.1, 0.15) is 50.7 Å². The third-order valence-electron chi connectivity index (χ3n) is 11.2. The number of pyridine rings is 1. The van der Waals surface area contributed by atoms with E-state index < -0.39 is 0 Å². The van der Waals surface area contributed by atoms with Crippen LogP contribution in [0.4, 0.5) is 0 Å². The predicted octanol–water partition coefficient (Wildman–Crippen LogP) is 14.7.